The Morgan fingerprint density at radius 2 is 1.48 bits per heavy atom. The third-order valence-electron chi connectivity index (χ3n) is 17.3. The number of carbonyl (C=O) groups excluding carboxylic acids is 6. The van der Waals surface area contributed by atoms with Crippen molar-refractivity contribution >= 4 is 52.6 Å². The monoisotopic (exact) mass is 1060 g/mol. The van der Waals surface area contributed by atoms with Gasteiger partial charge in [-0.25, -0.2) is 19.2 Å². The van der Waals surface area contributed by atoms with Crippen molar-refractivity contribution in [2.24, 2.45) is 22.7 Å². The number of ether oxygens (including phenoxy) is 7. The predicted molar refractivity (Wildman–Crippen MR) is 274 cm³/mol. The van der Waals surface area contributed by atoms with E-state index in [9.17, 15) is 24.3 Å². The molecule has 0 unspecified atom stereocenters. The van der Waals surface area contributed by atoms with Gasteiger partial charge < -0.3 is 52.4 Å². The van der Waals surface area contributed by atoms with Gasteiger partial charge in [0, 0.05) is 18.8 Å². The average Bonchev–Trinajstić information content (AvgIpc) is 3.69. The number of ketones is 1. The maximum Gasteiger partial charge on any atom is 0.509 e. The fourth-order valence-corrected chi connectivity index (χ4v) is 18.7. The zero-order valence-corrected chi connectivity index (χ0v) is 48.1. The molecule has 1 aromatic rings. The summed E-state index contributed by atoms with van der Waals surface area (Å²) in [6.07, 6.45) is -11.9. The number of aliphatic hydroxyl groups excluding tert-OH is 1. The molecule has 0 aromatic heterocycles. The van der Waals surface area contributed by atoms with Crippen LogP contribution >= 0.6 is 0 Å². The molecule has 6 rings (SSSR count). The molecule has 2 bridgehead atoms. The Balaban J connectivity index is 1.66. The molecule has 3 aliphatic carbocycles. The molecular formula is C54H83NO16Si2. The van der Waals surface area contributed by atoms with E-state index in [1.165, 1.54) is 6.92 Å². The van der Waals surface area contributed by atoms with Crippen molar-refractivity contribution < 1.29 is 75.9 Å². The lowest BCUT2D eigenvalue weighted by atomic mass is 9.44. The molecule has 17 nitrogen and oxygen atoms in total. The number of amides is 1. The molecule has 19 heteroatoms. The molecule has 2 heterocycles. The predicted octanol–water partition coefficient (Wildman–Crippen LogP) is 9.15. The van der Waals surface area contributed by atoms with Crippen LogP contribution in [0.5, 0.6) is 0 Å². The third-order valence-corrected chi connectivity index (χ3v) is 26.5. The lowest BCUT2D eigenvalue weighted by Gasteiger charge is -2.68. The van der Waals surface area contributed by atoms with Gasteiger partial charge in [0.2, 0.25) is 5.60 Å². The van der Waals surface area contributed by atoms with Crippen molar-refractivity contribution in [1.29, 1.82) is 0 Å². The summed E-state index contributed by atoms with van der Waals surface area (Å²) >= 11 is 0. The van der Waals surface area contributed by atoms with Crippen LogP contribution in [0.25, 0.3) is 0 Å². The smallest absolute Gasteiger partial charge is 0.454 e. The van der Waals surface area contributed by atoms with Crippen molar-refractivity contribution in [1.82, 2.24) is 5.32 Å². The number of fused-ring (bicyclic) bond motifs is 4. The summed E-state index contributed by atoms with van der Waals surface area (Å²) < 4.78 is 59.2. The molecule has 2 aliphatic heterocycles. The molecule has 73 heavy (non-hydrogen) atoms. The Labute approximate surface area is 434 Å². The van der Waals surface area contributed by atoms with Gasteiger partial charge in [0.15, 0.2) is 52.4 Å². The van der Waals surface area contributed by atoms with Gasteiger partial charge in [0.1, 0.15) is 17.8 Å². The van der Waals surface area contributed by atoms with Crippen LogP contribution in [0.2, 0.25) is 36.3 Å². The Kier molecular flexibility index (Phi) is 17.1. The number of carbonyl (C=O) groups is 6. The van der Waals surface area contributed by atoms with Gasteiger partial charge in [-0.2, -0.15) is 0 Å². The molecule has 2 saturated heterocycles. The molecule has 5 aliphatic rings. The van der Waals surface area contributed by atoms with Crippen LogP contribution in [0.15, 0.2) is 41.5 Å². The maximum absolute atomic E-state index is 16.2. The molecule has 1 aromatic carbocycles. The van der Waals surface area contributed by atoms with Crippen LogP contribution in [0.1, 0.15) is 134 Å². The number of hydrogen-bond acceptors (Lipinski definition) is 16. The van der Waals surface area contributed by atoms with Gasteiger partial charge in [-0.15, -0.1) is 0 Å². The lowest BCUT2D eigenvalue weighted by molar-refractivity contribution is -0.344. The van der Waals surface area contributed by atoms with E-state index < -0.39 is 135 Å². The topological polar surface area (TPSA) is 218 Å². The SMILES string of the molecule is CC[Si](CC)(CC)O[C@H]1C[C@H]2OC[C@@]2(OC(C)=O)[C@H]2[C@H](OC(=O)c3ccccc3)[C@]34OC(=O)O[C@H]3[C@H](OC(=O)[C@H](O[Si](CC)(CC)CC)[C@H](CC(C)C)NC(=O)OC(C)(C)C)C(C)=C([C@@H](O)C(=O)[C@]12C)C4(C)C. The van der Waals surface area contributed by atoms with Crippen LogP contribution in [0.4, 0.5) is 9.59 Å². The summed E-state index contributed by atoms with van der Waals surface area (Å²) in [5.74, 6) is -4.75. The van der Waals surface area contributed by atoms with E-state index in [1.807, 2.05) is 34.6 Å². The van der Waals surface area contributed by atoms with Crippen LogP contribution in [0, 0.1) is 22.7 Å². The van der Waals surface area contributed by atoms with Crippen molar-refractivity contribution in [2.45, 2.75) is 225 Å². The van der Waals surface area contributed by atoms with Gasteiger partial charge >= 0.3 is 30.2 Å². The summed E-state index contributed by atoms with van der Waals surface area (Å²) in [6, 6.07) is 11.1. The van der Waals surface area contributed by atoms with Crippen molar-refractivity contribution in [3.8, 4) is 0 Å². The molecule has 2 N–H and O–H groups in total. The summed E-state index contributed by atoms with van der Waals surface area (Å²) in [6.45, 7) is 28.8. The molecule has 4 fully saturated rings. The molecule has 408 valence electrons. The van der Waals surface area contributed by atoms with Gasteiger partial charge in [-0.1, -0.05) is 87.4 Å². The van der Waals surface area contributed by atoms with E-state index in [2.05, 4.69) is 26.1 Å². The zero-order valence-electron chi connectivity index (χ0n) is 46.1. The summed E-state index contributed by atoms with van der Waals surface area (Å²) in [7, 11) is -5.37. The van der Waals surface area contributed by atoms with Crippen LogP contribution in [-0.2, 0) is 56.4 Å². The second-order valence-corrected chi connectivity index (χ2v) is 32.5. The third kappa shape index (κ3) is 10.2. The minimum Gasteiger partial charge on any atom is -0.454 e. The highest BCUT2D eigenvalue weighted by Crippen LogP contribution is 2.67. The summed E-state index contributed by atoms with van der Waals surface area (Å²) in [5, 5.41) is 16.1. The second kappa shape index (κ2) is 21.5. The van der Waals surface area contributed by atoms with E-state index in [1.54, 1.807) is 78.8 Å². The van der Waals surface area contributed by atoms with E-state index >= 15 is 9.59 Å². The first-order valence-electron chi connectivity index (χ1n) is 26.5. The van der Waals surface area contributed by atoms with E-state index in [0.29, 0.717) is 36.3 Å². The number of hydrogen-bond donors (Lipinski definition) is 2. The minimum absolute atomic E-state index is 0.0463. The van der Waals surface area contributed by atoms with E-state index in [0.717, 1.165) is 0 Å². The van der Waals surface area contributed by atoms with Crippen LogP contribution in [-0.4, -0.2) is 130 Å². The highest BCUT2D eigenvalue weighted by atomic mass is 28.4. The average molecular weight is 1060 g/mol. The Morgan fingerprint density at radius 1 is 0.890 bits per heavy atom. The summed E-state index contributed by atoms with van der Waals surface area (Å²) in [5.41, 5.74) is -8.02. The Hall–Kier alpha value is -4.15. The minimum atomic E-state index is -2.73. The van der Waals surface area contributed by atoms with Gasteiger partial charge in [0.25, 0.3) is 0 Å². The van der Waals surface area contributed by atoms with Crippen molar-refractivity contribution in [3.63, 3.8) is 0 Å². The van der Waals surface area contributed by atoms with Gasteiger partial charge in [-0.05, 0) is 107 Å². The second-order valence-electron chi connectivity index (χ2n) is 23.1. The zero-order chi connectivity index (χ0) is 54.4. The number of rotatable bonds is 19. The number of Topliss-reactive ketones (excluding diaryl/α,β-unsaturated/α-hetero) is 1. The fourth-order valence-electron chi connectivity index (χ4n) is 13.0. The number of esters is 3. The quantitative estimate of drug-likeness (QED) is 0.0571. The maximum atomic E-state index is 16.2. The number of alkyl carbamates (subject to hydrolysis) is 1. The number of benzene rings is 1. The van der Waals surface area contributed by atoms with Crippen molar-refractivity contribution in [3.05, 3.63) is 47.0 Å². The van der Waals surface area contributed by atoms with E-state index in [-0.39, 0.29) is 42.1 Å². The van der Waals surface area contributed by atoms with Crippen LogP contribution in [0.3, 0.4) is 0 Å². The summed E-state index contributed by atoms with van der Waals surface area (Å²) in [4.78, 5) is 88.3. The lowest BCUT2D eigenvalue weighted by Crippen LogP contribution is -2.83. The molecule has 2 saturated carbocycles. The molecule has 12 atom stereocenters. The first-order valence-corrected chi connectivity index (χ1v) is 31.6. The molecule has 0 radical (unpaired) electrons. The number of nitrogens with one attached hydrogen (secondary N) is 1. The molecular weight excluding hydrogens is 975 g/mol. The molecule has 1 amide bonds. The largest absolute Gasteiger partial charge is 0.509 e. The Bertz CT molecular complexity index is 2260. The van der Waals surface area contributed by atoms with Crippen LogP contribution < -0.4 is 5.32 Å². The highest BCUT2D eigenvalue weighted by Gasteiger charge is 2.83. The molecule has 1 spiro atoms. The number of aliphatic hydroxyl groups is 1. The standard InChI is InChI=1S/C54H83NO16Si2/c1-17-72(18-2,19-3)70-36-29-37-53(30-63-37,67-33(10)56)42-45(65-46(59)34-26-24-23-25-27-34)54-44(66-49(62)69-54)40(32(9)38(51(54,14)15)39(57)43(58)52(36,42)16)64-47(60)41(71-73(20-4,21-5)22-6)35(28-31(7)8)55-48(61)68-50(11,12)13/h23-27,31,35-37,39-42,44-45,57H,17-22,28-30H2,1-16H3,(H,55,61)/t35-,36-,37+,39+,40+,41+,42-,44-,45-,52+,53-,54+/m0/s1. The fraction of sp³-hybridized carbons (Fsp3) is 0.741. The van der Waals surface area contributed by atoms with E-state index in [4.69, 9.17) is 42.0 Å². The first kappa shape index (κ1) is 58.1. The normalized spacial score (nSPS) is 31.5. The van der Waals surface area contributed by atoms with Gasteiger partial charge in [0.05, 0.1) is 35.6 Å². The Morgan fingerprint density at radius 3 is 1.99 bits per heavy atom. The highest BCUT2D eigenvalue weighted by molar-refractivity contribution is 6.74. The first-order chi connectivity index (χ1) is 34.1. The van der Waals surface area contributed by atoms with Crippen molar-refractivity contribution in [2.75, 3.05) is 6.61 Å². The van der Waals surface area contributed by atoms with Gasteiger partial charge in [-0.3, -0.25) is 9.59 Å².